The van der Waals surface area contributed by atoms with Gasteiger partial charge in [-0.2, -0.15) is 0 Å². The summed E-state index contributed by atoms with van der Waals surface area (Å²) < 4.78 is 0. The standard InChI is InChI=1S/C19H22ClNOS/c1-15(2)21(14-16-6-4-3-5-7-16)19(22)12-13-23-18-10-8-17(20)9-11-18/h3-11,15H,12-14H2,1-2H3. The molecule has 0 atom stereocenters. The normalized spacial score (nSPS) is 10.8. The highest BCUT2D eigenvalue weighted by Crippen LogP contribution is 2.21. The van der Waals surface area contributed by atoms with Crippen molar-refractivity contribution in [3.63, 3.8) is 0 Å². The zero-order valence-corrected chi connectivity index (χ0v) is 15.1. The smallest absolute Gasteiger partial charge is 0.223 e. The zero-order chi connectivity index (χ0) is 16.7. The molecule has 2 aromatic rings. The molecular weight excluding hydrogens is 326 g/mol. The van der Waals surface area contributed by atoms with Crippen molar-refractivity contribution >= 4 is 29.3 Å². The van der Waals surface area contributed by atoms with Crippen LogP contribution in [0.3, 0.4) is 0 Å². The Morgan fingerprint density at radius 1 is 1.09 bits per heavy atom. The minimum Gasteiger partial charge on any atom is -0.336 e. The van der Waals surface area contributed by atoms with E-state index in [4.69, 9.17) is 11.6 Å². The monoisotopic (exact) mass is 347 g/mol. The van der Waals surface area contributed by atoms with Crippen molar-refractivity contribution in [2.75, 3.05) is 5.75 Å². The minimum absolute atomic E-state index is 0.197. The molecule has 4 heteroatoms. The highest BCUT2D eigenvalue weighted by Gasteiger charge is 2.16. The number of benzene rings is 2. The van der Waals surface area contributed by atoms with E-state index >= 15 is 0 Å². The lowest BCUT2D eigenvalue weighted by molar-refractivity contribution is -0.133. The fourth-order valence-electron chi connectivity index (χ4n) is 2.27. The number of amides is 1. The third-order valence-corrected chi connectivity index (χ3v) is 4.80. The summed E-state index contributed by atoms with van der Waals surface area (Å²) in [5.41, 5.74) is 1.17. The molecule has 1 amide bonds. The molecule has 0 N–H and O–H groups in total. The molecule has 0 fully saturated rings. The van der Waals surface area contributed by atoms with Crippen LogP contribution < -0.4 is 0 Å². The summed E-state index contributed by atoms with van der Waals surface area (Å²) in [5, 5.41) is 0.735. The number of thioether (sulfide) groups is 1. The predicted molar refractivity (Wildman–Crippen MR) is 98.9 cm³/mol. The molecule has 0 aliphatic heterocycles. The maximum atomic E-state index is 12.5. The lowest BCUT2D eigenvalue weighted by atomic mass is 10.2. The molecule has 2 rings (SSSR count). The Labute approximate surface area is 147 Å². The van der Waals surface area contributed by atoms with Crippen LogP contribution in [0.4, 0.5) is 0 Å². The summed E-state index contributed by atoms with van der Waals surface area (Å²) in [6.07, 6.45) is 0.540. The summed E-state index contributed by atoms with van der Waals surface area (Å²) in [7, 11) is 0. The lowest BCUT2D eigenvalue weighted by Crippen LogP contribution is -2.36. The van der Waals surface area contributed by atoms with Crippen LogP contribution in [0.25, 0.3) is 0 Å². The molecule has 0 radical (unpaired) electrons. The second kappa shape index (κ2) is 8.99. The van der Waals surface area contributed by atoms with Crippen molar-refractivity contribution in [1.82, 2.24) is 4.90 Å². The molecular formula is C19H22ClNOS. The van der Waals surface area contributed by atoms with Crippen LogP contribution in [0, 0.1) is 0 Å². The fourth-order valence-corrected chi connectivity index (χ4v) is 3.24. The Morgan fingerprint density at radius 2 is 1.74 bits per heavy atom. The van der Waals surface area contributed by atoms with E-state index in [1.54, 1.807) is 11.8 Å². The van der Waals surface area contributed by atoms with E-state index in [1.165, 1.54) is 5.56 Å². The molecule has 0 spiro atoms. The molecule has 0 aliphatic rings. The SMILES string of the molecule is CC(C)N(Cc1ccccc1)C(=O)CCSc1ccc(Cl)cc1. The van der Waals surface area contributed by atoms with Gasteiger partial charge in [0.25, 0.3) is 0 Å². The first-order valence-corrected chi connectivity index (χ1v) is 9.14. The number of halogens is 1. The van der Waals surface area contributed by atoms with Gasteiger partial charge in [0, 0.05) is 34.7 Å². The number of hydrogen-bond donors (Lipinski definition) is 0. The number of nitrogens with zero attached hydrogens (tertiary/aromatic N) is 1. The fraction of sp³-hybridized carbons (Fsp3) is 0.316. The molecule has 122 valence electrons. The van der Waals surface area contributed by atoms with Gasteiger partial charge in [-0.25, -0.2) is 0 Å². The molecule has 2 nitrogen and oxygen atoms in total. The number of carbonyl (C=O) groups excluding carboxylic acids is 1. The van der Waals surface area contributed by atoms with Crippen LogP contribution in [-0.4, -0.2) is 22.6 Å². The average Bonchev–Trinajstić information content (AvgIpc) is 2.55. The Balaban J connectivity index is 1.87. The van der Waals surface area contributed by atoms with Crippen molar-refractivity contribution in [1.29, 1.82) is 0 Å². The maximum absolute atomic E-state index is 12.5. The van der Waals surface area contributed by atoms with Crippen molar-refractivity contribution in [3.05, 3.63) is 65.2 Å². The average molecular weight is 348 g/mol. The molecule has 0 aliphatic carbocycles. The second-order valence-electron chi connectivity index (χ2n) is 5.65. The van der Waals surface area contributed by atoms with E-state index < -0.39 is 0 Å². The zero-order valence-electron chi connectivity index (χ0n) is 13.5. The number of rotatable bonds is 7. The topological polar surface area (TPSA) is 20.3 Å². The van der Waals surface area contributed by atoms with Crippen LogP contribution >= 0.6 is 23.4 Å². The molecule has 0 bridgehead atoms. The van der Waals surface area contributed by atoms with Gasteiger partial charge < -0.3 is 4.90 Å². The van der Waals surface area contributed by atoms with E-state index in [0.717, 1.165) is 15.7 Å². The highest BCUT2D eigenvalue weighted by molar-refractivity contribution is 7.99. The Bertz CT molecular complexity index is 613. The van der Waals surface area contributed by atoms with Crippen molar-refractivity contribution < 1.29 is 4.79 Å². The molecule has 23 heavy (non-hydrogen) atoms. The molecule has 0 saturated heterocycles. The van der Waals surface area contributed by atoms with Crippen LogP contribution in [0.15, 0.2) is 59.5 Å². The van der Waals surface area contributed by atoms with Gasteiger partial charge >= 0.3 is 0 Å². The van der Waals surface area contributed by atoms with E-state index in [1.807, 2.05) is 47.4 Å². The van der Waals surface area contributed by atoms with Crippen molar-refractivity contribution in [2.24, 2.45) is 0 Å². The van der Waals surface area contributed by atoms with Gasteiger partial charge in [-0.05, 0) is 43.7 Å². The van der Waals surface area contributed by atoms with E-state index in [2.05, 4.69) is 26.0 Å². The van der Waals surface area contributed by atoms with Crippen molar-refractivity contribution in [2.45, 2.75) is 37.8 Å². The maximum Gasteiger partial charge on any atom is 0.223 e. The van der Waals surface area contributed by atoms with Crippen LogP contribution in [0.2, 0.25) is 5.02 Å². The highest BCUT2D eigenvalue weighted by atomic mass is 35.5. The van der Waals surface area contributed by atoms with Crippen LogP contribution in [0.1, 0.15) is 25.8 Å². The molecule has 0 unspecified atom stereocenters. The first kappa shape index (κ1) is 17.9. The van der Waals surface area contributed by atoms with Gasteiger partial charge in [-0.3, -0.25) is 4.79 Å². The molecule has 0 saturated carbocycles. The minimum atomic E-state index is 0.197. The van der Waals surface area contributed by atoms with Gasteiger partial charge in [0.1, 0.15) is 0 Å². The third-order valence-electron chi connectivity index (χ3n) is 3.54. The summed E-state index contributed by atoms with van der Waals surface area (Å²) in [4.78, 5) is 15.6. The van der Waals surface area contributed by atoms with E-state index in [0.29, 0.717) is 13.0 Å². The first-order valence-electron chi connectivity index (χ1n) is 7.78. The number of hydrogen-bond acceptors (Lipinski definition) is 2. The van der Waals surface area contributed by atoms with E-state index in [-0.39, 0.29) is 11.9 Å². The summed E-state index contributed by atoms with van der Waals surface area (Å²) >= 11 is 7.57. The molecule has 0 heterocycles. The summed E-state index contributed by atoms with van der Waals surface area (Å²) in [6.45, 7) is 4.79. The Kier molecular flexibility index (Phi) is 7.00. The van der Waals surface area contributed by atoms with Crippen LogP contribution in [-0.2, 0) is 11.3 Å². The Morgan fingerprint density at radius 3 is 2.35 bits per heavy atom. The predicted octanol–water partition coefficient (Wildman–Crippen LogP) is 5.26. The largest absolute Gasteiger partial charge is 0.336 e. The Hall–Kier alpha value is -1.45. The number of carbonyl (C=O) groups is 1. The van der Waals surface area contributed by atoms with Crippen molar-refractivity contribution in [3.8, 4) is 0 Å². The van der Waals surface area contributed by atoms with Gasteiger partial charge in [-0.15, -0.1) is 11.8 Å². The van der Waals surface area contributed by atoms with Gasteiger partial charge in [0.05, 0.1) is 0 Å². The lowest BCUT2D eigenvalue weighted by Gasteiger charge is -2.27. The molecule has 0 aromatic heterocycles. The summed E-state index contributed by atoms with van der Waals surface area (Å²) in [5.74, 6) is 0.976. The quantitative estimate of drug-likeness (QED) is 0.637. The second-order valence-corrected chi connectivity index (χ2v) is 7.26. The van der Waals surface area contributed by atoms with Crippen LogP contribution in [0.5, 0.6) is 0 Å². The third kappa shape index (κ3) is 5.92. The molecule has 2 aromatic carbocycles. The van der Waals surface area contributed by atoms with Gasteiger partial charge in [0.15, 0.2) is 0 Å². The van der Waals surface area contributed by atoms with Gasteiger partial charge in [0.2, 0.25) is 5.91 Å². The summed E-state index contributed by atoms with van der Waals surface area (Å²) in [6, 6.07) is 18.1. The van der Waals surface area contributed by atoms with E-state index in [9.17, 15) is 4.79 Å². The van der Waals surface area contributed by atoms with Gasteiger partial charge in [-0.1, -0.05) is 41.9 Å². The first-order chi connectivity index (χ1) is 11.1.